The molecule has 64 heavy (non-hydrogen) atoms. The molecule has 10 heteroatoms. The number of rotatable bonds is 16. The second-order valence-electron chi connectivity index (χ2n) is 26.2. The van der Waals surface area contributed by atoms with E-state index in [0.29, 0.717) is 49.3 Å². The van der Waals surface area contributed by atoms with Gasteiger partial charge in [0.1, 0.15) is 84.6 Å². The molecule has 4 bridgehead atoms. The Morgan fingerprint density at radius 3 is 1.69 bits per heavy atom. The van der Waals surface area contributed by atoms with Crippen molar-refractivity contribution in [1.29, 1.82) is 0 Å². The second-order valence-corrected chi connectivity index (χ2v) is 26.2. The summed E-state index contributed by atoms with van der Waals surface area (Å²) in [6, 6.07) is 0. The summed E-state index contributed by atoms with van der Waals surface area (Å²) in [5, 5.41) is 18.7. The minimum absolute atomic E-state index is 0.0203. The molecule has 0 aromatic heterocycles. The van der Waals surface area contributed by atoms with Gasteiger partial charge in [0.2, 0.25) is 0 Å². The third-order valence-electron chi connectivity index (χ3n) is 23.3. The van der Waals surface area contributed by atoms with Gasteiger partial charge in [-0.05, 0) is 143 Å². The van der Waals surface area contributed by atoms with E-state index >= 15 is 0 Å². The number of aliphatic hydroxyl groups is 2. The van der Waals surface area contributed by atoms with Crippen molar-refractivity contribution in [3.8, 4) is 0 Å². The van der Waals surface area contributed by atoms with Crippen LogP contribution in [-0.4, -0.2) is 171 Å². The highest BCUT2D eigenvalue weighted by molar-refractivity contribution is 5.71. The molecule has 6 saturated heterocycles. The highest BCUT2D eigenvalue weighted by Crippen LogP contribution is 2.77. The fraction of sp³-hybridized carbons (Fsp3) is 0.926. The van der Waals surface area contributed by atoms with E-state index in [9.17, 15) is 19.8 Å². The number of carbonyl (C=O) groups is 2. The predicted octanol–water partition coefficient (Wildman–Crippen LogP) is 6.97. The van der Waals surface area contributed by atoms with E-state index in [4.69, 9.17) is 9.47 Å². The minimum Gasteiger partial charge on any atom is -0.461 e. The molecule has 10 nitrogen and oxygen atoms in total. The first kappa shape index (κ1) is 47.5. The van der Waals surface area contributed by atoms with E-state index in [0.717, 1.165) is 139 Å². The van der Waals surface area contributed by atoms with Gasteiger partial charge in [0.15, 0.2) is 13.1 Å². The van der Waals surface area contributed by atoms with E-state index in [1.807, 2.05) is 0 Å². The number of fused-ring (bicyclic) bond motifs is 13. The number of allylic oxidation sites excluding steroid dienone is 1. The molecule has 2 N–H and O–H groups in total. The number of esters is 2. The molecule has 0 aromatic rings. The van der Waals surface area contributed by atoms with Crippen LogP contribution in [0.3, 0.4) is 0 Å². The fourth-order valence-electron chi connectivity index (χ4n) is 18.9. The Hall–Kier alpha value is -1.56. The quantitative estimate of drug-likeness (QED) is 0.0754. The van der Waals surface area contributed by atoms with Crippen LogP contribution in [0.1, 0.15) is 131 Å². The van der Waals surface area contributed by atoms with Crippen LogP contribution in [0.25, 0.3) is 0 Å². The number of aliphatic hydroxyl groups excluding tert-OH is 2. The average Bonchev–Trinajstić information content (AvgIpc) is 3.66. The number of nitrogens with zero attached hydrogens (tertiary/aromatic N) is 4. The molecule has 11 rings (SSSR count). The Bertz CT molecular complexity index is 1720. The molecule has 0 spiro atoms. The zero-order valence-electron chi connectivity index (χ0n) is 41.8. The highest BCUT2D eigenvalue weighted by Gasteiger charge is 2.71. The summed E-state index contributed by atoms with van der Waals surface area (Å²) in [6.45, 7) is 37.9. The largest absolute Gasteiger partial charge is 0.461 e. The monoisotopic (exact) mass is 895 g/mol. The van der Waals surface area contributed by atoms with Crippen molar-refractivity contribution < 1.29 is 47.2 Å². The number of quaternary nitrogens is 4. The first-order chi connectivity index (χ1) is 30.4. The first-order valence-electron chi connectivity index (χ1n) is 27.0. The summed E-state index contributed by atoms with van der Waals surface area (Å²) in [7, 11) is 0. The van der Waals surface area contributed by atoms with Crippen molar-refractivity contribution in [1.82, 2.24) is 0 Å². The molecular formula is C54H94N4O6+4. The summed E-state index contributed by atoms with van der Waals surface area (Å²) in [4.78, 5) is 27.9. The van der Waals surface area contributed by atoms with Crippen LogP contribution in [-0.2, 0) is 19.1 Å². The zero-order valence-corrected chi connectivity index (χ0v) is 41.8. The van der Waals surface area contributed by atoms with Gasteiger partial charge in [-0.2, -0.15) is 0 Å². The summed E-state index contributed by atoms with van der Waals surface area (Å²) in [5.74, 6) is 2.89. The molecule has 6 aliphatic heterocycles. The van der Waals surface area contributed by atoms with Gasteiger partial charge in [0, 0.05) is 24.0 Å². The number of unbranched alkanes of at least 4 members (excludes halogenated alkanes) is 2. The lowest BCUT2D eigenvalue weighted by Gasteiger charge is -2.73. The van der Waals surface area contributed by atoms with Gasteiger partial charge in [0.05, 0.1) is 19.7 Å². The Kier molecular flexibility index (Phi) is 12.7. The van der Waals surface area contributed by atoms with E-state index in [1.165, 1.54) is 66.2 Å². The van der Waals surface area contributed by atoms with Crippen LogP contribution in [0, 0.1) is 56.7 Å². The van der Waals surface area contributed by atoms with E-state index < -0.39 is 0 Å². The molecule has 5 saturated carbocycles. The molecule has 362 valence electrons. The van der Waals surface area contributed by atoms with Crippen LogP contribution >= 0.6 is 0 Å². The van der Waals surface area contributed by atoms with Crippen LogP contribution in [0.2, 0.25) is 0 Å². The summed E-state index contributed by atoms with van der Waals surface area (Å²) < 4.78 is 17.5. The molecule has 5 unspecified atom stereocenters. The van der Waals surface area contributed by atoms with Crippen molar-refractivity contribution in [2.75, 3.05) is 125 Å². The van der Waals surface area contributed by atoms with Crippen LogP contribution in [0.15, 0.2) is 12.2 Å². The fourth-order valence-corrected chi connectivity index (χ4v) is 18.9. The average molecular weight is 895 g/mol. The van der Waals surface area contributed by atoms with E-state index in [1.54, 1.807) is 0 Å². The molecular weight excluding hydrogens is 801 g/mol. The van der Waals surface area contributed by atoms with Crippen molar-refractivity contribution >= 4 is 11.9 Å². The van der Waals surface area contributed by atoms with Crippen LogP contribution < -0.4 is 0 Å². The number of carbonyl (C=O) groups excluding carboxylic acids is 2. The van der Waals surface area contributed by atoms with Crippen molar-refractivity contribution in [3.63, 3.8) is 0 Å². The maximum absolute atomic E-state index is 14.0. The van der Waals surface area contributed by atoms with Gasteiger partial charge in [-0.3, -0.25) is 0 Å². The second kappa shape index (κ2) is 17.1. The highest BCUT2D eigenvalue weighted by atomic mass is 16.5. The predicted molar refractivity (Wildman–Crippen MR) is 251 cm³/mol. The van der Waals surface area contributed by atoms with Gasteiger partial charge < -0.3 is 37.6 Å². The molecule has 11 fully saturated rings. The Morgan fingerprint density at radius 2 is 1.14 bits per heavy atom. The Labute approximate surface area is 388 Å². The zero-order chi connectivity index (χ0) is 45.4. The van der Waals surface area contributed by atoms with Gasteiger partial charge in [-0.1, -0.05) is 46.8 Å². The molecule has 11 aliphatic rings. The van der Waals surface area contributed by atoms with Gasteiger partial charge in [-0.15, -0.1) is 0 Å². The molecule has 0 radical (unpaired) electrons. The van der Waals surface area contributed by atoms with Gasteiger partial charge in [0.25, 0.3) is 0 Å². The first-order valence-corrected chi connectivity index (χ1v) is 27.0. The third-order valence-corrected chi connectivity index (χ3v) is 23.3. The number of hydrogen-bond donors (Lipinski definition) is 2. The van der Waals surface area contributed by atoms with Crippen LogP contribution in [0.5, 0.6) is 0 Å². The smallest absolute Gasteiger partial charge is 0.362 e. The normalized spacial score (nSPS) is 47.5. The maximum Gasteiger partial charge on any atom is 0.362 e. The van der Waals surface area contributed by atoms with Crippen LogP contribution in [0.4, 0.5) is 0 Å². The minimum atomic E-state index is -0.0670. The lowest BCUT2D eigenvalue weighted by atomic mass is 9.32. The van der Waals surface area contributed by atoms with E-state index in [-0.39, 0.29) is 58.3 Å². The topological polar surface area (TPSA) is 93.1 Å². The molecule has 5 aliphatic carbocycles. The molecule has 6 heterocycles. The Balaban J connectivity index is 0.846. The maximum atomic E-state index is 14.0. The summed E-state index contributed by atoms with van der Waals surface area (Å²) >= 11 is 0. The molecule has 0 amide bonds. The summed E-state index contributed by atoms with van der Waals surface area (Å²) in [5.41, 5.74) is 2.00. The standard InChI is InChI=1S/C54H94N4O6/c1-41(2)42-14-19-54(40-63-47(61)38-57-30-24-55(25-31-57,26-32-57)22-8-10-36-59)21-20-52(6)43(49(42)54)12-13-45-51(5)17-16-46(50(3,4)44(51)15-18-53(45,52)7)64-48(62)39-58-33-27-56(28-34-58,29-35-58)23-9-11-37-60/h42-46,49,59-60H,1,8-40H2,2-7H3/q+4/t42?,43?,44?,45?,46-,49?,51-,52+,53+,54+,55?,56?,57?,58?/m0/s1. The van der Waals surface area contributed by atoms with Gasteiger partial charge >= 0.3 is 11.9 Å². The van der Waals surface area contributed by atoms with Crippen molar-refractivity contribution in [2.45, 2.75) is 138 Å². The number of piperazine rings is 6. The van der Waals surface area contributed by atoms with Crippen molar-refractivity contribution in [2.24, 2.45) is 56.7 Å². The lowest BCUT2D eigenvalue weighted by molar-refractivity contribution is -1.08. The number of hydrogen-bond acceptors (Lipinski definition) is 6. The molecule has 10 atom stereocenters. The van der Waals surface area contributed by atoms with Gasteiger partial charge in [-0.25, -0.2) is 9.59 Å². The number of ether oxygens (including phenoxy) is 2. The Morgan fingerprint density at radius 1 is 0.594 bits per heavy atom. The summed E-state index contributed by atoms with van der Waals surface area (Å²) in [6.07, 6.45) is 15.8. The SMILES string of the molecule is C=C(C)C1CC[C@]2(COC(=O)C[N+]34CC[N+](CCCCO)(CC3)CC4)CC[C@]3(C)C(CCC4[C@@]5(C)CC[C@H](OC(=O)C[N+]67CC[N+](CCCCO)(CC6)CC7)C(C)(C)C5CC[C@]43C)C12. The third kappa shape index (κ3) is 7.80. The van der Waals surface area contributed by atoms with Crippen molar-refractivity contribution in [3.05, 3.63) is 12.2 Å². The lowest BCUT2D eigenvalue weighted by Crippen LogP contribution is -2.75. The van der Waals surface area contributed by atoms with E-state index in [2.05, 4.69) is 48.1 Å². The molecule has 0 aromatic carbocycles.